The highest BCUT2D eigenvalue weighted by atomic mass is 32.1. The van der Waals surface area contributed by atoms with Gasteiger partial charge in [0.05, 0.1) is 0 Å². The van der Waals surface area contributed by atoms with Crippen molar-refractivity contribution in [2.75, 3.05) is 13.6 Å². The summed E-state index contributed by atoms with van der Waals surface area (Å²) in [4.78, 5) is 11.4. The Kier molecular flexibility index (Phi) is 6.44. The highest BCUT2D eigenvalue weighted by Crippen LogP contribution is 2.10. The number of thiophene rings is 1. The number of benzene rings is 1. The van der Waals surface area contributed by atoms with Crippen molar-refractivity contribution < 1.29 is 0 Å². The molecular weight excluding hydrogens is 342 g/mol. The van der Waals surface area contributed by atoms with Crippen LogP contribution in [0.2, 0.25) is 0 Å². The summed E-state index contributed by atoms with van der Waals surface area (Å²) in [6, 6.07) is 12.6. The van der Waals surface area contributed by atoms with Crippen LogP contribution in [0.15, 0.2) is 64.5 Å². The second kappa shape index (κ2) is 9.20. The molecule has 0 spiro atoms. The molecule has 0 aliphatic rings. The first kappa shape index (κ1) is 18.2. The normalized spacial score (nSPS) is 11.5. The van der Waals surface area contributed by atoms with Gasteiger partial charge in [-0.3, -0.25) is 0 Å². The third kappa shape index (κ3) is 4.95. The van der Waals surface area contributed by atoms with Crippen molar-refractivity contribution in [3.8, 4) is 0 Å². The summed E-state index contributed by atoms with van der Waals surface area (Å²) in [5.74, 6) is 1.86. The van der Waals surface area contributed by atoms with E-state index in [0.717, 1.165) is 31.4 Å². The summed E-state index contributed by atoms with van der Waals surface area (Å²) in [6.45, 7) is 5.13. The van der Waals surface area contributed by atoms with E-state index in [1.54, 1.807) is 11.3 Å². The molecule has 136 valence electrons. The van der Waals surface area contributed by atoms with Crippen LogP contribution in [0.5, 0.6) is 0 Å². The van der Waals surface area contributed by atoms with Crippen molar-refractivity contribution in [2.45, 2.75) is 26.6 Å². The van der Waals surface area contributed by atoms with Crippen LogP contribution in [0.1, 0.15) is 23.9 Å². The van der Waals surface area contributed by atoms with E-state index in [4.69, 9.17) is 4.99 Å². The number of hydrogen-bond acceptors (Lipinski definition) is 3. The van der Waals surface area contributed by atoms with Crippen molar-refractivity contribution in [2.24, 2.45) is 4.99 Å². The smallest absolute Gasteiger partial charge is 0.194 e. The number of rotatable bonds is 7. The predicted octanol–water partition coefficient (Wildman–Crippen LogP) is 3.59. The molecule has 3 rings (SSSR count). The van der Waals surface area contributed by atoms with Crippen LogP contribution >= 0.6 is 11.3 Å². The maximum Gasteiger partial charge on any atom is 0.194 e. The largest absolute Gasteiger partial charge is 0.357 e. The van der Waals surface area contributed by atoms with Gasteiger partial charge in [-0.05, 0) is 34.9 Å². The van der Waals surface area contributed by atoms with Gasteiger partial charge in [-0.1, -0.05) is 30.3 Å². The van der Waals surface area contributed by atoms with Gasteiger partial charge in [0.1, 0.15) is 12.4 Å². The molecule has 0 bridgehead atoms. The van der Waals surface area contributed by atoms with Crippen molar-refractivity contribution >= 4 is 17.3 Å². The van der Waals surface area contributed by atoms with Gasteiger partial charge < -0.3 is 14.8 Å². The van der Waals surface area contributed by atoms with E-state index in [1.807, 2.05) is 18.5 Å². The van der Waals surface area contributed by atoms with Crippen LogP contribution in [0.3, 0.4) is 0 Å². The standard InChI is InChI=1S/C20H25N5S/c1-3-21-20(24(2)14-18-9-12-26-16-18)23-13-19-22-10-11-25(19)15-17-7-5-4-6-8-17/h4-12,16H,3,13-15H2,1-2H3,(H,21,23). The molecule has 5 nitrogen and oxygen atoms in total. The van der Waals surface area contributed by atoms with Crippen LogP contribution in [0, 0.1) is 0 Å². The minimum Gasteiger partial charge on any atom is -0.357 e. The van der Waals surface area contributed by atoms with Crippen LogP contribution in [-0.2, 0) is 19.6 Å². The quantitative estimate of drug-likeness (QED) is 0.513. The number of guanidine groups is 1. The third-order valence-corrected chi connectivity index (χ3v) is 4.80. The summed E-state index contributed by atoms with van der Waals surface area (Å²) in [7, 11) is 2.07. The van der Waals surface area contributed by atoms with Crippen molar-refractivity contribution in [3.05, 3.63) is 76.5 Å². The van der Waals surface area contributed by atoms with Gasteiger partial charge in [-0.25, -0.2) is 9.98 Å². The SMILES string of the molecule is CCNC(=NCc1nccn1Cc1ccccc1)N(C)Cc1ccsc1. The Balaban J connectivity index is 1.69. The van der Waals surface area contributed by atoms with Crippen molar-refractivity contribution in [1.82, 2.24) is 19.8 Å². The fourth-order valence-corrected chi connectivity index (χ4v) is 3.42. The topological polar surface area (TPSA) is 45.5 Å². The summed E-state index contributed by atoms with van der Waals surface area (Å²) >= 11 is 1.72. The number of nitrogens with one attached hydrogen (secondary N) is 1. The molecule has 26 heavy (non-hydrogen) atoms. The van der Waals surface area contributed by atoms with Gasteiger partial charge in [0, 0.05) is 39.1 Å². The molecule has 3 aromatic rings. The van der Waals surface area contributed by atoms with E-state index >= 15 is 0 Å². The van der Waals surface area contributed by atoms with E-state index in [9.17, 15) is 0 Å². The van der Waals surface area contributed by atoms with Crippen LogP contribution in [0.25, 0.3) is 0 Å². The minimum atomic E-state index is 0.552. The lowest BCUT2D eigenvalue weighted by Gasteiger charge is -2.21. The fourth-order valence-electron chi connectivity index (χ4n) is 2.76. The van der Waals surface area contributed by atoms with Gasteiger partial charge in [0.25, 0.3) is 0 Å². The molecule has 0 aliphatic heterocycles. The van der Waals surface area contributed by atoms with Gasteiger partial charge in [0.15, 0.2) is 5.96 Å². The van der Waals surface area contributed by atoms with Gasteiger partial charge in [0.2, 0.25) is 0 Å². The highest BCUT2D eigenvalue weighted by Gasteiger charge is 2.08. The number of imidazole rings is 1. The molecule has 0 amide bonds. The zero-order valence-corrected chi connectivity index (χ0v) is 16.1. The summed E-state index contributed by atoms with van der Waals surface area (Å²) in [5, 5.41) is 7.65. The Morgan fingerprint density at radius 3 is 2.81 bits per heavy atom. The Hall–Kier alpha value is -2.60. The van der Waals surface area contributed by atoms with Gasteiger partial charge in [-0.15, -0.1) is 0 Å². The van der Waals surface area contributed by atoms with E-state index in [2.05, 4.69) is 74.8 Å². The second-order valence-electron chi connectivity index (χ2n) is 6.11. The third-order valence-electron chi connectivity index (χ3n) is 4.06. The highest BCUT2D eigenvalue weighted by molar-refractivity contribution is 7.07. The van der Waals surface area contributed by atoms with E-state index < -0.39 is 0 Å². The second-order valence-corrected chi connectivity index (χ2v) is 6.89. The monoisotopic (exact) mass is 367 g/mol. The van der Waals surface area contributed by atoms with Crippen molar-refractivity contribution in [1.29, 1.82) is 0 Å². The van der Waals surface area contributed by atoms with Crippen LogP contribution < -0.4 is 5.32 Å². The maximum absolute atomic E-state index is 4.79. The van der Waals surface area contributed by atoms with E-state index in [-0.39, 0.29) is 0 Å². The molecule has 0 radical (unpaired) electrons. The van der Waals surface area contributed by atoms with E-state index in [1.165, 1.54) is 11.1 Å². The zero-order valence-electron chi connectivity index (χ0n) is 15.3. The summed E-state index contributed by atoms with van der Waals surface area (Å²) < 4.78 is 2.15. The van der Waals surface area contributed by atoms with Gasteiger partial charge in [-0.2, -0.15) is 11.3 Å². The number of aromatic nitrogens is 2. The average molecular weight is 368 g/mol. The summed E-state index contributed by atoms with van der Waals surface area (Å²) in [5.41, 5.74) is 2.56. The molecule has 0 unspecified atom stereocenters. The van der Waals surface area contributed by atoms with Crippen LogP contribution in [-0.4, -0.2) is 34.0 Å². The lowest BCUT2D eigenvalue weighted by molar-refractivity contribution is 0.477. The predicted molar refractivity (Wildman–Crippen MR) is 108 cm³/mol. The Bertz CT molecular complexity index is 808. The molecule has 1 aromatic carbocycles. The molecule has 6 heteroatoms. The Morgan fingerprint density at radius 1 is 1.23 bits per heavy atom. The molecule has 0 atom stereocenters. The molecule has 2 aromatic heterocycles. The molecular formula is C20H25N5S. The van der Waals surface area contributed by atoms with E-state index in [0.29, 0.717) is 6.54 Å². The first-order valence-corrected chi connectivity index (χ1v) is 9.75. The number of hydrogen-bond donors (Lipinski definition) is 1. The molecule has 0 aliphatic carbocycles. The molecule has 1 N–H and O–H groups in total. The molecule has 2 heterocycles. The minimum absolute atomic E-state index is 0.552. The Morgan fingerprint density at radius 2 is 2.08 bits per heavy atom. The molecule has 0 fully saturated rings. The molecule has 0 saturated heterocycles. The fraction of sp³-hybridized carbons (Fsp3) is 0.300. The summed E-state index contributed by atoms with van der Waals surface area (Å²) in [6.07, 6.45) is 3.86. The lowest BCUT2D eigenvalue weighted by atomic mass is 10.2. The molecule has 0 saturated carbocycles. The number of aliphatic imine (C=N–C) groups is 1. The first-order valence-electron chi connectivity index (χ1n) is 8.80. The average Bonchev–Trinajstić information content (AvgIpc) is 3.31. The number of nitrogens with zero attached hydrogens (tertiary/aromatic N) is 4. The zero-order chi connectivity index (χ0) is 18.2. The Labute approximate surface area is 159 Å². The van der Waals surface area contributed by atoms with Gasteiger partial charge >= 0.3 is 0 Å². The van der Waals surface area contributed by atoms with Crippen molar-refractivity contribution in [3.63, 3.8) is 0 Å². The first-order chi connectivity index (χ1) is 12.8. The maximum atomic E-state index is 4.79. The van der Waals surface area contributed by atoms with Crippen LogP contribution in [0.4, 0.5) is 0 Å². The lowest BCUT2D eigenvalue weighted by Crippen LogP contribution is -2.38.